The fraction of sp³-hybridized carbons (Fsp3) is 1.00. The zero-order valence-electron chi connectivity index (χ0n) is 12.3. The number of ether oxygens (including phenoxy) is 1. The van der Waals surface area contributed by atoms with E-state index in [4.69, 9.17) is 4.74 Å². The molecule has 5 fully saturated rings. The van der Waals surface area contributed by atoms with Gasteiger partial charge in [0.05, 0.1) is 0 Å². The summed E-state index contributed by atoms with van der Waals surface area (Å²) in [4.78, 5) is 0. The summed E-state index contributed by atoms with van der Waals surface area (Å²) in [6.45, 7) is 4.40. The zero-order chi connectivity index (χ0) is 12.8. The van der Waals surface area contributed by atoms with E-state index in [9.17, 15) is 0 Å². The average Bonchev–Trinajstić information content (AvgIpc) is 2.43. The molecule has 1 N–H and O–H groups in total. The Morgan fingerprint density at radius 1 is 0.895 bits per heavy atom. The van der Waals surface area contributed by atoms with E-state index in [1.165, 1.54) is 38.5 Å². The highest BCUT2D eigenvalue weighted by atomic mass is 16.5. The second kappa shape index (κ2) is 5.04. The normalized spacial score (nSPS) is 47.5. The van der Waals surface area contributed by atoms with Crippen LogP contribution in [-0.2, 0) is 4.74 Å². The lowest BCUT2D eigenvalue weighted by atomic mass is 9.54. The van der Waals surface area contributed by atoms with Gasteiger partial charge in [0, 0.05) is 25.3 Å². The Labute approximate surface area is 117 Å². The summed E-state index contributed by atoms with van der Waals surface area (Å²) in [6, 6.07) is 1.55. The Balaban J connectivity index is 1.39. The summed E-state index contributed by atoms with van der Waals surface area (Å²) in [5.41, 5.74) is 0. The topological polar surface area (TPSA) is 21.3 Å². The standard InChI is InChI=1S/C17H29NO/c1-11(14-2-4-19-5-3-14)18-17-15-7-12-6-13(9-15)10-16(17)8-12/h11-18H,2-10H2,1H3. The molecule has 4 bridgehead atoms. The first-order chi connectivity index (χ1) is 9.29. The number of hydrogen-bond donors (Lipinski definition) is 1. The van der Waals surface area contributed by atoms with Crippen molar-refractivity contribution in [3.8, 4) is 0 Å². The van der Waals surface area contributed by atoms with Crippen molar-refractivity contribution in [3.05, 3.63) is 0 Å². The molecule has 4 aliphatic carbocycles. The van der Waals surface area contributed by atoms with Gasteiger partial charge in [0.2, 0.25) is 0 Å². The number of hydrogen-bond acceptors (Lipinski definition) is 2. The van der Waals surface area contributed by atoms with E-state index in [1.54, 1.807) is 6.42 Å². The molecular formula is C17H29NO. The SMILES string of the molecule is CC(NC1C2CC3CC(C2)CC1C3)C1CCOCC1. The minimum atomic E-state index is 0.700. The quantitative estimate of drug-likeness (QED) is 0.844. The Bertz CT molecular complexity index is 295. The molecule has 5 aliphatic rings. The molecule has 1 atom stereocenters. The largest absolute Gasteiger partial charge is 0.381 e. The minimum Gasteiger partial charge on any atom is -0.381 e. The van der Waals surface area contributed by atoms with Crippen molar-refractivity contribution in [2.24, 2.45) is 29.6 Å². The second-order valence-electron chi connectivity index (χ2n) is 7.86. The van der Waals surface area contributed by atoms with Crippen molar-refractivity contribution in [1.29, 1.82) is 0 Å². The Morgan fingerprint density at radius 3 is 2.05 bits per heavy atom. The van der Waals surface area contributed by atoms with E-state index < -0.39 is 0 Å². The van der Waals surface area contributed by atoms with Crippen LogP contribution in [0.2, 0.25) is 0 Å². The lowest BCUT2D eigenvalue weighted by Gasteiger charge is -2.55. The smallest absolute Gasteiger partial charge is 0.0469 e. The minimum absolute atomic E-state index is 0.700. The first-order valence-corrected chi connectivity index (χ1v) is 8.63. The lowest BCUT2D eigenvalue weighted by molar-refractivity contribution is -0.0238. The third-order valence-corrected chi connectivity index (χ3v) is 6.66. The molecule has 0 aromatic heterocycles. The Kier molecular flexibility index (Phi) is 3.35. The van der Waals surface area contributed by atoms with Gasteiger partial charge in [-0.25, -0.2) is 0 Å². The van der Waals surface area contributed by atoms with Gasteiger partial charge in [-0.2, -0.15) is 0 Å². The van der Waals surface area contributed by atoms with Crippen LogP contribution in [0.25, 0.3) is 0 Å². The van der Waals surface area contributed by atoms with Gasteiger partial charge in [0.25, 0.3) is 0 Å². The van der Waals surface area contributed by atoms with Crippen LogP contribution in [0.4, 0.5) is 0 Å². The second-order valence-corrected chi connectivity index (χ2v) is 7.86. The summed E-state index contributed by atoms with van der Waals surface area (Å²) >= 11 is 0. The highest BCUT2D eigenvalue weighted by molar-refractivity contribution is 5.02. The van der Waals surface area contributed by atoms with Crippen LogP contribution in [0.15, 0.2) is 0 Å². The van der Waals surface area contributed by atoms with Crippen molar-refractivity contribution in [2.45, 2.75) is 64.0 Å². The van der Waals surface area contributed by atoms with Gasteiger partial charge in [-0.3, -0.25) is 0 Å². The monoisotopic (exact) mass is 263 g/mol. The summed E-state index contributed by atoms with van der Waals surface area (Å²) in [6.07, 6.45) is 10.2. The molecule has 1 unspecified atom stereocenters. The molecule has 4 saturated carbocycles. The lowest BCUT2D eigenvalue weighted by Crippen LogP contribution is -2.57. The molecule has 1 saturated heterocycles. The van der Waals surface area contributed by atoms with Crippen LogP contribution in [-0.4, -0.2) is 25.3 Å². The van der Waals surface area contributed by atoms with Gasteiger partial charge < -0.3 is 10.1 Å². The predicted octanol–water partition coefficient (Wildman–Crippen LogP) is 3.22. The first kappa shape index (κ1) is 12.6. The molecule has 5 rings (SSSR count). The highest BCUT2D eigenvalue weighted by Gasteiger charge is 2.48. The molecule has 1 aliphatic heterocycles. The van der Waals surface area contributed by atoms with E-state index in [0.717, 1.165) is 48.8 Å². The maximum absolute atomic E-state index is 5.51. The van der Waals surface area contributed by atoms with E-state index in [-0.39, 0.29) is 0 Å². The van der Waals surface area contributed by atoms with Crippen LogP contribution >= 0.6 is 0 Å². The molecule has 0 aromatic rings. The van der Waals surface area contributed by atoms with Crippen LogP contribution in [0.1, 0.15) is 51.9 Å². The molecule has 0 spiro atoms. The summed E-state index contributed by atoms with van der Waals surface area (Å²) in [5, 5.41) is 4.08. The third kappa shape index (κ3) is 2.35. The summed E-state index contributed by atoms with van der Waals surface area (Å²) < 4.78 is 5.51. The van der Waals surface area contributed by atoms with E-state index in [0.29, 0.717) is 6.04 Å². The first-order valence-electron chi connectivity index (χ1n) is 8.63. The predicted molar refractivity (Wildman–Crippen MR) is 77.0 cm³/mol. The summed E-state index contributed by atoms with van der Waals surface area (Å²) in [5.74, 6) is 5.07. The van der Waals surface area contributed by atoms with Gasteiger partial charge in [-0.05, 0) is 81.5 Å². The molecule has 2 heteroatoms. The molecule has 0 radical (unpaired) electrons. The van der Waals surface area contributed by atoms with Crippen LogP contribution in [0.5, 0.6) is 0 Å². The molecule has 2 nitrogen and oxygen atoms in total. The zero-order valence-corrected chi connectivity index (χ0v) is 12.3. The van der Waals surface area contributed by atoms with Crippen molar-refractivity contribution in [1.82, 2.24) is 5.32 Å². The molecule has 108 valence electrons. The maximum Gasteiger partial charge on any atom is 0.0469 e. The summed E-state index contributed by atoms with van der Waals surface area (Å²) in [7, 11) is 0. The van der Waals surface area contributed by atoms with Crippen molar-refractivity contribution < 1.29 is 4.74 Å². The van der Waals surface area contributed by atoms with Crippen molar-refractivity contribution in [2.75, 3.05) is 13.2 Å². The Morgan fingerprint density at radius 2 is 1.47 bits per heavy atom. The van der Waals surface area contributed by atoms with Gasteiger partial charge in [0.15, 0.2) is 0 Å². The number of nitrogens with one attached hydrogen (secondary N) is 1. The van der Waals surface area contributed by atoms with Gasteiger partial charge in [-0.15, -0.1) is 0 Å². The van der Waals surface area contributed by atoms with Gasteiger partial charge in [0.1, 0.15) is 0 Å². The number of rotatable bonds is 3. The highest BCUT2D eigenvalue weighted by Crippen LogP contribution is 2.53. The third-order valence-electron chi connectivity index (χ3n) is 6.66. The van der Waals surface area contributed by atoms with Gasteiger partial charge in [-0.1, -0.05) is 0 Å². The Hall–Kier alpha value is -0.0800. The van der Waals surface area contributed by atoms with E-state index >= 15 is 0 Å². The molecule has 0 amide bonds. The van der Waals surface area contributed by atoms with E-state index in [2.05, 4.69) is 12.2 Å². The maximum atomic E-state index is 5.51. The fourth-order valence-electron chi connectivity index (χ4n) is 5.85. The van der Waals surface area contributed by atoms with Crippen molar-refractivity contribution in [3.63, 3.8) is 0 Å². The average molecular weight is 263 g/mol. The van der Waals surface area contributed by atoms with Crippen LogP contribution < -0.4 is 5.32 Å². The van der Waals surface area contributed by atoms with Crippen molar-refractivity contribution >= 4 is 0 Å². The van der Waals surface area contributed by atoms with E-state index in [1.807, 2.05) is 0 Å². The molecule has 19 heavy (non-hydrogen) atoms. The van der Waals surface area contributed by atoms with Crippen LogP contribution in [0.3, 0.4) is 0 Å². The molecular weight excluding hydrogens is 234 g/mol. The molecule has 0 aromatic carbocycles. The van der Waals surface area contributed by atoms with Crippen LogP contribution in [0, 0.1) is 29.6 Å². The van der Waals surface area contributed by atoms with Gasteiger partial charge >= 0.3 is 0 Å². The molecule has 1 heterocycles. The fourth-order valence-corrected chi connectivity index (χ4v) is 5.85.